The first-order chi connectivity index (χ1) is 4.76. The number of aliphatic hydroxyl groups excluding tert-OH is 1. The molecule has 0 radical (unpaired) electrons. The standard InChI is InChI=1S/C7H14N2O/c1-3-6(9-5-8)7(10)4-2/h6-7,9-10H,3-4H2,1-2H3. The van der Waals surface area contributed by atoms with Crippen LogP contribution in [0, 0.1) is 11.5 Å². The van der Waals surface area contributed by atoms with Crippen molar-refractivity contribution in [2.45, 2.75) is 38.8 Å². The van der Waals surface area contributed by atoms with Crippen molar-refractivity contribution in [1.82, 2.24) is 5.32 Å². The Morgan fingerprint density at radius 2 is 2.10 bits per heavy atom. The smallest absolute Gasteiger partial charge is 0.176 e. The number of nitrogens with one attached hydrogen (secondary N) is 1. The molecule has 0 spiro atoms. The second-order valence-corrected chi connectivity index (χ2v) is 2.25. The van der Waals surface area contributed by atoms with Gasteiger partial charge in [-0.2, -0.15) is 5.26 Å². The van der Waals surface area contributed by atoms with E-state index < -0.39 is 6.10 Å². The highest BCUT2D eigenvalue weighted by molar-refractivity contribution is 4.80. The van der Waals surface area contributed by atoms with Crippen molar-refractivity contribution in [3.63, 3.8) is 0 Å². The second kappa shape index (κ2) is 5.07. The molecule has 0 heterocycles. The van der Waals surface area contributed by atoms with Crippen LogP contribution in [0.4, 0.5) is 0 Å². The Morgan fingerprint density at radius 3 is 2.40 bits per heavy atom. The summed E-state index contributed by atoms with van der Waals surface area (Å²) in [4.78, 5) is 0. The van der Waals surface area contributed by atoms with E-state index in [1.165, 1.54) is 0 Å². The van der Waals surface area contributed by atoms with Crippen LogP contribution < -0.4 is 5.32 Å². The molecule has 2 atom stereocenters. The predicted molar refractivity (Wildman–Crippen MR) is 39.1 cm³/mol. The summed E-state index contributed by atoms with van der Waals surface area (Å²) >= 11 is 0. The van der Waals surface area contributed by atoms with Gasteiger partial charge in [0.25, 0.3) is 0 Å². The molecule has 2 N–H and O–H groups in total. The summed E-state index contributed by atoms with van der Waals surface area (Å²) in [6, 6.07) is -0.0741. The molecule has 10 heavy (non-hydrogen) atoms. The lowest BCUT2D eigenvalue weighted by Gasteiger charge is -2.17. The maximum Gasteiger partial charge on any atom is 0.176 e. The van der Waals surface area contributed by atoms with E-state index in [1.807, 2.05) is 20.0 Å². The third-order valence-electron chi connectivity index (χ3n) is 1.57. The first kappa shape index (κ1) is 9.25. The largest absolute Gasteiger partial charge is 0.391 e. The molecule has 2 unspecified atom stereocenters. The summed E-state index contributed by atoms with van der Waals surface area (Å²) in [6.45, 7) is 3.83. The van der Waals surface area contributed by atoms with E-state index in [9.17, 15) is 5.11 Å². The topological polar surface area (TPSA) is 56.0 Å². The van der Waals surface area contributed by atoms with Crippen molar-refractivity contribution >= 4 is 0 Å². The van der Waals surface area contributed by atoms with Gasteiger partial charge < -0.3 is 10.4 Å². The summed E-state index contributed by atoms with van der Waals surface area (Å²) in [5.41, 5.74) is 0. The van der Waals surface area contributed by atoms with Crippen molar-refractivity contribution < 1.29 is 5.11 Å². The molecule has 0 aliphatic heterocycles. The van der Waals surface area contributed by atoms with Crippen LogP contribution in [0.15, 0.2) is 0 Å². The third-order valence-corrected chi connectivity index (χ3v) is 1.57. The minimum Gasteiger partial charge on any atom is -0.391 e. The van der Waals surface area contributed by atoms with Crippen molar-refractivity contribution in [3.8, 4) is 6.19 Å². The fraction of sp³-hybridized carbons (Fsp3) is 0.857. The first-order valence-electron chi connectivity index (χ1n) is 3.58. The fourth-order valence-electron chi connectivity index (χ4n) is 0.838. The number of hydrogen-bond donors (Lipinski definition) is 2. The monoisotopic (exact) mass is 142 g/mol. The second-order valence-electron chi connectivity index (χ2n) is 2.25. The normalized spacial score (nSPS) is 15.4. The average molecular weight is 142 g/mol. The van der Waals surface area contributed by atoms with Crippen LogP contribution in [0.5, 0.6) is 0 Å². The van der Waals surface area contributed by atoms with E-state index in [0.717, 1.165) is 6.42 Å². The molecule has 0 aromatic rings. The van der Waals surface area contributed by atoms with Crippen LogP contribution in [-0.4, -0.2) is 17.3 Å². The first-order valence-corrected chi connectivity index (χ1v) is 3.58. The van der Waals surface area contributed by atoms with Gasteiger partial charge in [0, 0.05) is 0 Å². The van der Waals surface area contributed by atoms with Gasteiger partial charge in [-0.3, -0.25) is 0 Å². The van der Waals surface area contributed by atoms with Gasteiger partial charge in [-0.1, -0.05) is 13.8 Å². The molecule has 0 bridgehead atoms. The number of hydrogen-bond acceptors (Lipinski definition) is 3. The van der Waals surface area contributed by atoms with E-state index >= 15 is 0 Å². The zero-order valence-corrected chi connectivity index (χ0v) is 6.46. The minimum atomic E-state index is -0.398. The molecule has 3 nitrogen and oxygen atoms in total. The zero-order valence-electron chi connectivity index (χ0n) is 6.46. The highest BCUT2D eigenvalue weighted by atomic mass is 16.3. The Balaban J connectivity index is 3.70. The van der Waals surface area contributed by atoms with Crippen molar-refractivity contribution in [2.75, 3.05) is 0 Å². The van der Waals surface area contributed by atoms with Crippen LogP contribution >= 0.6 is 0 Å². The van der Waals surface area contributed by atoms with E-state index in [-0.39, 0.29) is 6.04 Å². The highest BCUT2D eigenvalue weighted by Crippen LogP contribution is 2.01. The molecule has 0 saturated carbocycles. The van der Waals surface area contributed by atoms with E-state index in [1.54, 1.807) is 0 Å². The molecule has 3 heteroatoms. The van der Waals surface area contributed by atoms with Gasteiger partial charge in [-0.05, 0) is 12.8 Å². The molecule has 0 amide bonds. The van der Waals surface area contributed by atoms with Crippen LogP contribution in [0.25, 0.3) is 0 Å². The van der Waals surface area contributed by atoms with E-state index in [4.69, 9.17) is 5.26 Å². The van der Waals surface area contributed by atoms with Crippen molar-refractivity contribution in [2.24, 2.45) is 0 Å². The average Bonchev–Trinajstić information content (AvgIpc) is 1.99. The number of rotatable bonds is 4. The lowest BCUT2D eigenvalue weighted by Crippen LogP contribution is -2.36. The lowest BCUT2D eigenvalue weighted by atomic mass is 10.1. The van der Waals surface area contributed by atoms with E-state index in [2.05, 4.69) is 5.32 Å². The molecule has 58 valence electrons. The van der Waals surface area contributed by atoms with Gasteiger partial charge in [0.2, 0.25) is 0 Å². The number of nitriles is 1. The van der Waals surface area contributed by atoms with Gasteiger partial charge in [-0.25, -0.2) is 0 Å². The predicted octanol–water partition coefficient (Wildman–Crippen LogP) is 0.607. The Kier molecular flexibility index (Phi) is 4.69. The summed E-state index contributed by atoms with van der Waals surface area (Å²) in [5.74, 6) is 0. The molecule has 0 aromatic carbocycles. The minimum absolute atomic E-state index is 0.0741. The molecule has 0 aliphatic carbocycles. The van der Waals surface area contributed by atoms with Crippen LogP contribution in [0.2, 0.25) is 0 Å². The van der Waals surface area contributed by atoms with Gasteiger partial charge >= 0.3 is 0 Å². The zero-order chi connectivity index (χ0) is 7.98. The molecule has 0 saturated heterocycles. The molecule has 0 rings (SSSR count). The maximum absolute atomic E-state index is 9.24. The SMILES string of the molecule is CCC(O)C(CC)NC#N. The summed E-state index contributed by atoms with van der Waals surface area (Å²) in [7, 11) is 0. The summed E-state index contributed by atoms with van der Waals surface area (Å²) in [5, 5.41) is 20.0. The Bertz CT molecular complexity index is 119. The maximum atomic E-state index is 9.24. The van der Waals surface area contributed by atoms with Crippen LogP contribution in [-0.2, 0) is 0 Å². The molecular weight excluding hydrogens is 128 g/mol. The van der Waals surface area contributed by atoms with Gasteiger partial charge in [0.15, 0.2) is 6.19 Å². The van der Waals surface area contributed by atoms with Crippen LogP contribution in [0.3, 0.4) is 0 Å². The molecule has 0 aromatic heterocycles. The quantitative estimate of drug-likeness (QED) is 0.446. The third kappa shape index (κ3) is 2.70. The Labute approximate surface area is 61.7 Å². The Hall–Kier alpha value is -0.750. The highest BCUT2D eigenvalue weighted by Gasteiger charge is 2.13. The van der Waals surface area contributed by atoms with Crippen molar-refractivity contribution in [3.05, 3.63) is 0 Å². The van der Waals surface area contributed by atoms with Gasteiger partial charge in [-0.15, -0.1) is 0 Å². The van der Waals surface area contributed by atoms with E-state index in [0.29, 0.717) is 6.42 Å². The molecule has 0 aliphatic rings. The number of aliphatic hydroxyl groups is 1. The van der Waals surface area contributed by atoms with Gasteiger partial charge in [0.1, 0.15) is 0 Å². The summed E-state index contributed by atoms with van der Waals surface area (Å²) < 4.78 is 0. The lowest BCUT2D eigenvalue weighted by molar-refractivity contribution is 0.128. The fourth-order valence-corrected chi connectivity index (χ4v) is 0.838. The molecule has 0 fully saturated rings. The number of nitrogens with zero attached hydrogens (tertiary/aromatic N) is 1. The van der Waals surface area contributed by atoms with Crippen LogP contribution in [0.1, 0.15) is 26.7 Å². The van der Waals surface area contributed by atoms with Gasteiger partial charge in [0.05, 0.1) is 12.1 Å². The summed E-state index contributed by atoms with van der Waals surface area (Å²) in [6.07, 6.45) is 2.89. The Morgan fingerprint density at radius 1 is 1.50 bits per heavy atom. The molecular formula is C7H14N2O. The van der Waals surface area contributed by atoms with Crippen molar-refractivity contribution in [1.29, 1.82) is 5.26 Å².